The molecule has 0 N–H and O–H groups in total. The molecule has 0 saturated carbocycles. The minimum Gasteiger partial charge on any atom is -0.493 e. The van der Waals surface area contributed by atoms with Crippen LogP contribution >= 0.6 is 0 Å². The average molecular weight is 415 g/mol. The summed E-state index contributed by atoms with van der Waals surface area (Å²) in [4.78, 5) is 19.4. The summed E-state index contributed by atoms with van der Waals surface area (Å²) in [5, 5.41) is 0. The van der Waals surface area contributed by atoms with Crippen molar-refractivity contribution in [3.05, 3.63) is 84.2 Å². The number of benzene rings is 3. The average Bonchev–Trinajstić information content (AvgIpc) is 3.26. The van der Waals surface area contributed by atoms with Gasteiger partial charge >= 0.3 is 0 Å². The molecule has 0 aliphatic carbocycles. The third kappa shape index (κ3) is 4.10. The Morgan fingerprint density at radius 1 is 0.968 bits per heavy atom. The standard InChI is InChI=1S/C25H25N3O3/c1-4-27(16-18-9-14-23(30-2)24(15-18)31-3)25(29)19-10-12-20(13-11-19)28-17-26-21-7-5-6-8-22(21)28/h5-15,17H,4,16H2,1-3H3. The fourth-order valence-electron chi connectivity index (χ4n) is 3.64. The Bertz CT molecular complexity index is 1200. The molecule has 0 aliphatic rings. The van der Waals surface area contributed by atoms with Crippen LogP contribution in [0.5, 0.6) is 11.5 Å². The highest BCUT2D eigenvalue weighted by Crippen LogP contribution is 2.28. The number of fused-ring (bicyclic) bond motifs is 1. The lowest BCUT2D eigenvalue weighted by Crippen LogP contribution is -2.30. The molecule has 0 spiro atoms. The number of hydrogen-bond donors (Lipinski definition) is 0. The molecular weight excluding hydrogens is 390 g/mol. The van der Waals surface area contributed by atoms with Gasteiger partial charge in [-0.25, -0.2) is 4.98 Å². The van der Waals surface area contributed by atoms with Crippen molar-refractivity contribution in [2.45, 2.75) is 13.5 Å². The van der Waals surface area contributed by atoms with Crippen molar-refractivity contribution in [2.24, 2.45) is 0 Å². The number of carbonyl (C=O) groups is 1. The van der Waals surface area contributed by atoms with Crippen LogP contribution in [0.3, 0.4) is 0 Å². The van der Waals surface area contributed by atoms with Crippen LogP contribution in [0.4, 0.5) is 0 Å². The molecule has 0 atom stereocenters. The number of hydrogen-bond acceptors (Lipinski definition) is 4. The van der Waals surface area contributed by atoms with Gasteiger partial charge in [0.05, 0.1) is 25.3 Å². The van der Waals surface area contributed by atoms with Crippen molar-refractivity contribution >= 4 is 16.9 Å². The fourth-order valence-corrected chi connectivity index (χ4v) is 3.64. The van der Waals surface area contributed by atoms with Gasteiger partial charge in [-0.2, -0.15) is 0 Å². The summed E-state index contributed by atoms with van der Waals surface area (Å²) in [5.41, 5.74) is 4.57. The minimum absolute atomic E-state index is 0.0145. The van der Waals surface area contributed by atoms with Crippen molar-refractivity contribution in [3.63, 3.8) is 0 Å². The van der Waals surface area contributed by atoms with Crippen molar-refractivity contribution in [1.29, 1.82) is 0 Å². The highest BCUT2D eigenvalue weighted by molar-refractivity contribution is 5.94. The van der Waals surface area contributed by atoms with Gasteiger partial charge in [0.2, 0.25) is 0 Å². The van der Waals surface area contributed by atoms with Gasteiger partial charge in [0.15, 0.2) is 11.5 Å². The topological polar surface area (TPSA) is 56.6 Å². The number of ether oxygens (including phenoxy) is 2. The van der Waals surface area contributed by atoms with Gasteiger partial charge in [0, 0.05) is 24.3 Å². The van der Waals surface area contributed by atoms with Gasteiger partial charge in [0.25, 0.3) is 5.91 Å². The molecule has 0 fully saturated rings. The highest BCUT2D eigenvalue weighted by atomic mass is 16.5. The van der Waals surface area contributed by atoms with Gasteiger partial charge < -0.3 is 14.4 Å². The zero-order valence-corrected chi connectivity index (χ0v) is 17.9. The Labute approximate surface area is 181 Å². The Kier molecular flexibility index (Phi) is 5.89. The normalized spacial score (nSPS) is 10.8. The molecule has 1 heterocycles. The molecule has 0 bridgehead atoms. The summed E-state index contributed by atoms with van der Waals surface area (Å²) < 4.78 is 12.7. The molecule has 6 nitrogen and oxygen atoms in total. The highest BCUT2D eigenvalue weighted by Gasteiger charge is 2.16. The number of nitrogens with zero attached hydrogens (tertiary/aromatic N) is 3. The van der Waals surface area contributed by atoms with E-state index in [-0.39, 0.29) is 5.91 Å². The van der Waals surface area contributed by atoms with Gasteiger partial charge in [0.1, 0.15) is 6.33 Å². The first-order valence-corrected chi connectivity index (χ1v) is 10.2. The predicted octanol–water partition coefficient (Wildman–Crippen LogP) is 4.71. The molecular formula is C25H25N3O3. The lowest BCUT2D eigenvalue weighted by molar-refractivity contribution is 0.0752. The Morgan fingerprint density at radius 3 is 2.42 bits per heavy atom. The van der Waals surface area contributed by atoms with Crippen LogP contribution in [-0.4, -0.2) is 41.1 Å². The SMILES string of the molecule is CCN(Cc1ccc(OC)c(OC)c1)C(=O)c1ccc(-n2cnc3ccccc32)cc1. The summed E-state index contributed by atoms with van der Waals surface area (Å²) in [7, 11) is 3.21. The molecule has 1 amide bonds. The van der Waals surface area contributed by atoms with E-state index in [4.69, 9.17) is 9.47 Å². The van der Waals surface area contributed by atoms with Crippen LogP contribution in [0.2, 0.25) is 0 Å². The number of imidazole rings is 1. The fraction of sp³-hybridized carbons (Fsp3) is 0.200. The van der Waals surface area contributed by atoms with Crippen molar-refractivity contribution in [1.82, 2.24) is 14.5 Å². The maximum Gasteiger partial charge on any atom is 0.254 e. The molecule has 158 valence electrons. The molecule has 3 aromatic carbocycles. The molecule has 0 saturated heterocycles. The van der Waals surface area contributed by atoms with E-state index in [2.05, 4.69) is 4.98 Å². The maximum absolute atomic E-state index is 13.1. The zero-order valence-electron chi connectivity index (χ0n) is 17.9. The number of amides is 1. The van der Waals surface area contributed by atoms with Crippen molar-refractivity contribution < 1.29 is 14.3 Å². The number of methoxy groups -OCH3 is 2. The summed E-state index contributed by atoms with van der Waals surface area (Å²) in [6, 6.07) is 21.3. The van der Waals surface area contributed by atoms with Gasteiger partial charge in [-0.15, -0.1) is 0 Å². The molecule has 0 radical (unpaired) electrons. The van der Waals surface area contributed by atoms with Crippen molar-refractivity contribution in [3.8, 4) is 17.2 Å². The summed E-state index contributed by atoms with van der Waals surface area (Å²) in [5.74, 6) is 1.31. The number of para-hydroxylation sites is 2. The first-order chi connectivity index (χ1) is 15.1. The molecule has 0 aliphatic heterocycles. The van der Waals surface area contributed by atoms with Gasteiger partial charge in [-0.05, 0) is 61.0 Å². The Balaban J connectivity index is 1.54. The summed E-state index contributed by atoms with van der Waals surface area (Å²) in [6.07, 6.45) is 1.80. The first-order valence-electron chi connectivity index (χ1n) is 10.2. The number of rotatable bonds is 7. The molecule has 4 rings (SSSR count). The van der Waals surface area contributed by atoms with E-state index in [1.807, 2.05) is 83.1 Å². The molecule has 4 aromatic rings. The maximum atomic E-state index is 13.1. The molecule has 6 heteroatoms. The molecule has 0 unspecified atom stereocenters. The van der Waals surface area contributed by atoms with Gasteiger partial charge in [-0.1, -0.05) is 18.2 Å². The summed E-state index contributed by atoms with van der Waals surface area (Å²) in [6.45, 7) is 3.06. The second-order valence-electron chi connectivity index (χ2n) is 7.16. The van der Waals surface area contributed by atoms with E-state index in [9.17, 15) is 4.79 Å². The van der Waals surface area contributed by atoms with Crippen LogP contribution in [0.25, 0.3) is 16.7 Å². The molecule has 1 aromatic heterocycles. The second-order valence-corrected chi connectivity index (χ2v) is 7.16. The van der Waals surface area contributed by atoms with Crippen LogP contribution < -0.4 is 9.47 Å². The Morgan fingerprint density at radius 2 is 1.71 bits per heavy atom. The summed E-state index contributed by atoms with van der Waals surface area (Å²) >= 11 is 0. The third-order valence-electron chi connectivity index (χ3n) is 5.34. The quantitative estimate of drug-likeness (QED) is 0.439. The van der Waals surface area contributed by atoms with Crippen LogP contribution in [0, 0.1) is 0 Å². The van der Waals surface area contributed by atoms with Crippen LogP contribution in [0.15, 0.2) is 73.1 Å². The zero-order chi connectivity index (χ0) is 21.8. The van der Waals surface area contributed by atoms with Crippen LogP contribution in [-0.2, 0) is 6.54 Å². The van der Waals surface area contributed by atoms with E-state index >= 15 is 0 Å². The van der Waals surface area contributed by atoms with Crippen LogP contribution in [0.1, 0.15) is 22.8 Å². The van der Waals surface area contributed by atoms with E-state index < -0.39 is 0 Å². The van der Waals surface area contributed by atoms with E-state index in [1.54, 1.807) is 20.5 Å². The smallest absolute Gasteiger partial charge is 0.254 e. The molecule has 31 heavy (non-hydrogen) atoms. The Hall–Kier alpha value is -3.80. The van der Waals surface area contributed by atoms with E-state index in [0.717, 1.165) is 22.3 Å². The van der Waals surface area contributed by atoms with Gasteiger partial charge in [-0.3, -0.25) is 9.36 Å². The number of aromatic nitrogens is 2. The predicted molar refractivity (Wildman–Crippen MR) is 121 cm³/mol. The third-order valence-corrected chi connectivity index (χ3v) is 5.34. The second kappa shape index (κ2) is 8.92. The van der Waals surface area contributed by atoms with E-state index in [1.165, 1.54) is 0 Å². The first kappa shape index (κ1) is 20.5. The number of carbonyl (C=O) groups excluding carboxylic acids is 1. The lowest BCUT2D eigenvalue weighted by atomic mass is 10.1. The largest absolute Gasteiger partial charge is 0.493 e. The van der Waals surface area contributed by atoms with Crippen molar-refractivity contribution in [2.75, 3.05) is 20.8 Å². The monoisotopic (exact) mass is 415 g/mol. The van der Waals surface area contributed by atoms with E-state index in [0.29, 0.717) is 30.2 Å². The lowest BCUT2D eigenvalue weighted by Gasteiger charge is -2.22. The minimum atomic E-state index is -0.0145.